The maximum absolute atomic E-state index is 12.4. The smallest absolute Gasteiger partial charge is 0.353 e. The van der Waals surface area contributed by atoms with Crippen molar-refractivity contribution in [3.8, 4) is 11.5 Å². The van der Waals surface area contributed by atoms with Crippen LogP contribution in [0.25, 0.3) is 0 Å². The number of rotatable bonds is 5. The molecule has 0 atom stereocenters. The van der Waals surface area contributed by atoms with E-state index >= 15 is 0 Å². The van der Waals surface area contributed by atoms with Crippen molar-refractivity contribution in [3.63, 3.8) is 0 Å². The lowest BCUT2D eigenvalue weighted by atomic mass is 10.2. The number of aryl methyl sites for hydroxylation is 1. The number of nitrogens with one attached hydrogen (secondary N) is 1. The minimum Gasteiger partial charge on any atom is -0.496 e. The molecule has 0 bridgehead atoms. The van der Waals surface area contributed by atoms with Crippen LogP contribution in [-0.4, -0.2) is 19.0 Å². The summed E-state index contributed by atoms with van der Waals surface area (Å²) in [5, 5.41) is 4.64. The lowest BCUT2D eigenvalue weighted by molar-refractivity contribution is 0.0739. The van der Waals surface area contributed by atoms with Gasteiger partial charge in [0.2, 0.25) is 0 Å². The highest BCUT2D eigenvalue weighted by Gasteiger charge is 2.14. The van der Waals surface area contributed by atoms with Gasteiger partial charge in [0, 0.05) is 5.69 Å². The molecule has 2 aromatic carbocycles. The zero-order valence-corrected chi connectivity index (χ0v) is 15.1. The van der Waals surface area contributed by atoms with E-state index in [4.69, 9.17) is 9.47 Å². The Morgan fingerprint density at radius 1 is 1.00 bits per heavy atom. The summed E-state index contributed by atoms with van der Waals surface area (Å²) in [4.78, 5) is 25.1. The highest BCUT2D eigenvalue weighted by atomic mass is 32.1. The summed E-state index contributed by atoms with van der Waals surface area (Å²) in [6, 6.07) is 15.5. The van der Waals surface area contributed by atoms with E-state index in [1.165, 1.54) is 18.4 Å². The summed E-state index contributed by atoms with van der Waals surface area (Å²) in [6.45, 7) is 1.86. The first-order valence-electron chi connectivity index (χ1n) is 7.89. The second-order valence-electron chi connectivity index (χ2n) is 5.50. The van der Waals surface area contributed by atoms with Crippen LogP contribution in [-0.2, 0) is 0 Å². The second kappa shape index (κ2) is 7.84. The Labute approximate surface area is 155 Å². The van der Waals surface area contributed by atoms with Gasteiger partial charge in [0.05, 0.1) is 12.7 Å². The number of para-hydroxylation sites is 1. The minimum atomic E-state index is -0.386. The number of carbonyl (C=O) groups excluding carboxylic acids is 2. The lowest BCUT2D eigenvalue weighted by Crippen LogP contribution is -2.13. The second-order valence-corrected chi connectivity index (χ2v) is 6.42. The Balaban J connectivity index is 1.67. The average molecular weight is 367 g/mol. The first-order chi connectivity index (χ1) is 12.6. The number of benzene rings is 2. The number of methoxy groups -OCH3 is 1. The van der Waals surface area contributed by atoms with Gasteiger partial charge in [0.25, 0.3) is 5.91 Å². The monoisotopic (exact) mass is 367 g/mol. The number of carbonyl (C=O) groups is 2. The fourth-order valence-electron chi connectivity index (χ4n) is 2.37. The molecule has 1 N–H and O–H groups in total. The van der Waals surface area contributed by atoms with Crippen molar-refractivity contribution in [1.29, 1.82) is 0 Å². The van der Waals surface area contributed by atoms with Crippen LogP contribution >= 0.6 is 11.3 Å². The maximum Gasteiger partial charge on any atom is 0.353 e. The summed E-state index contributed by atoms with van der Waals surface area (Å²) in [7, 11) is 1.52. The molecule has 1 amide bonds. The van der Waals surface area contributed by atoms with E-state index in [1.54, 1.807) is 48.5 Å². The largest absolute Gasteiger partial charge is 0.496 e. The van der Waals surface area contributed by atoms with Crippen LogP contribution < -0.4 is 14.8 Å². The fraction of sp³-hybridized carbons (Fsp3) is 0.100. The third-order valence-electron chi connectivity index (χ3n) is 3.72. The third-order valence-corrected chi connectivity index (χ3v) is 4.72. The molecule has 26 heavy (non-hydrogen) atoms. The van der Waals surface area contributed by atoms with E-state index in [1.807, 2.05) is 18.4 Å². The van der Waals surface area contributed by atoms with E-state index in [-0.39, 0.29) is 11.9 Å². The number of ether oxygens (including phenoxy) is 2. The average Bonchev–Trinajstić information content (AvgIpc) is 3.09. The molecule has 0 spiro atoms. The van der Waals surface area contributed by atoms with Crippen LogP contribution in [0.1, 0.15) is 25.6 Å². The van der Waals surface area contributed by atoms with E-state index < -0.39 is 0 Å². The first kappa shape index (κ1) is 17.7. The van der Waals surface area contributed by atoms with Gasteiger partial charge in [-0.05, 0) is 60.3 Å². The Kier molecular flexibility index (Phi) is 5.34. The van der Waals surface area contributed by atoms with Crippen LogP contribution in [0.5, 0.6) is 11.5 Å². The quantitative estimate of drug-likeness (QED) is 0.531. The maximum atomic E-state index is 12.4. The molecule has 0 aliphatic heterocycles. The van der Waals surface area contributed by atoms with Crippen LogP contribution in [0.2, 0.25) is 0 Å². The molecule has 0 aliphatic rings. The van der Waals surface area contributed by atoms with Gasteiger partial charge in [-0.15, -0.1) is 11.3 Å². The summed E-state index contributed by atoms with van der Waals surface area (Å²) < 4.78 is 10.6. The first-order valence-corrected chi connectivity index (χ1v) is 8.77. The molecule has 3 rings (SSSR count). The molecule has 5 nitrogen and oxygen atoms in total. The van der Waals surface area contributed by atoms with E-state index in [0.29, 0.717) is 27.6 Å². The van der Waals surface area contributed by atoms with Gasteiger partial charge in [0.1, 0.15) is 16.4 Å². The molecule has 1 heterocycles. The van der Waals surface area contributed by atoms with E-state index in [2.05, 4.69) is 5.32 Å². The van der Waals surface area contributed by atoms with E-state index in [0.717, 1.165) is 5.56 Å². The van der Waals surface area contributed by atoms with Gasteiger partial charge in [0.15, 0.2) is 0 Å². The third kappa shape index (κ3) is 3.92. The number of amides is 1. The zero-order valence-electron chi connectivity index (χ0n) is 14.3. The Morgan fingerprint density at radius 3 is 2.38 bits per heavy atom. The van der Waals surface area contributed by atoms with Gasteiger partial charge in [-0.1, -0.05) is 12.1 Å². The molecule has 0 saturated heterocycles. The number of esters is 1. The molecule has 0 saturated carbocycles. The number of hydrogen-bond acceptors (Lipinski definition) is 5. The van der Waals surface area contributed by atoms with Gasteiger partial charge >= 0.3 is 5.97 Å². The van der Waals surface area contributed by atoms with Gasteiger partial charge < -0.3 is 14.8 Å². The van der Waals surface area contributed by atoms with Gasteiger partial charge in [-0.25, -0.2) is 4.79 Å². The molecule has 6 heteroatoms. The fourth-order valence-corrected chi connectivity index (χ4v) is 3.17. The Morgan fingerprint density at radius 2 is 1.73 bits per heavy atom. The van der Waals surface area contributed by atoms with Crippen molar-refractivity contribution < 1.29 is 19.1 Å². The molecule has 3 aromatic rings. The van der Waals surface area contributed by atoms with Crippen LogP contribution in [0.3, 0.4) is 0 Å². The summed E-state index contributed by atoms with van der Waals surface area (Å²) >= 11 is 1.35. The molecule has 132 valence electrons. The molecular formula is C20H17NO4S. The molecular weight excluding hydrogens is 350 g/mol. The summed E-state index contributed by atoms with van der Waals surface area (Å²) in [6.07, 6.45) is 0. The number of thiophene rings is 1. The van der Waals surface area contributed by atoms with Gasteiger partial charge in [-0.2, -0.15) is 0 Å². The standard InChI is InChI=1S/C20H17NO4S/c1-13-11-12-26-18(13)20(23)25-15-9-7-14(8-10-15)21-19(22)16-5-3-4-6-17(16)24-2/h3-12H,1-2H3,(H,21,22). The van der Waals surface area contributed by atoms with Crippen molar-refractivity contribution >= 4 is 28.9 Å². The Bertz CT molecular complexity index is 931. The predicted octanol–water partition coefficient (Wildman–Crippen LogP) is 4.54. The molecule has 1 aromatic heterocycles. The molecule has 0 unspecified atom stereocenters. The van der Waals surface area contributed by atoms with E-state index in [9.17, 15) is 9.59 Å². The van der Waals surface area contributed by atoms with Crippen molar-refractivity contribution in [1.82, 2.24) is 0 Å². The highest BCUT2D eigenvalue weighted by Crippen LogP contribution is 2.22. The topological polar surface area (TPSA) is 64.6 Å². The Hall–Kier alpha value is -3.12. The van der Waals surface area contributed by atoms with Crippen LogP contribution in [0, 0.1) is 6.92 Å². The molecule has 0 radical (unpaired) electrons. The zero-order chi connectivity index (χ0) is 18.5. The normalized spacial score (nSPS) is 10.2. The van der Waals surface area contributed by atoms with Crippen LogP contribution in [0.4, 0.5) is 5.69 Å². The van der Waals surface area contributed by atoms with Crippen molar-refractivity contribution in [2.45, 2.75) is 6.92 Å². The predicted molar refractivity (Wildman–Crippen MR) is 101 cm³/mol. The number of hydrogen-bond donors (Lipinski definition) is 1. The van der Waals surface area contributed by atoms with Gasteiger partial charge in [-0.3, -0.25) is 4.79 Å². The minimum absolute atomic E-state index is 0.276. The summed E-state index contributed by atoms with van der Waals surface area (Å²) in [5.41, 5.74) is 1.92. The van der Waals surface area contributed by atoms with Crippen molar-refractivity contribution in [2.75, 3.05) is 12.4 Å². The number of anilines is 1. The lowest BCUT2D eigenvalue weighted by Gasteiger charge is -2.10. The molecule has 0 aliphatic carbocycles. The van der Waals surface area contributed by atoms with Crippen molar-refractivity contribution in [2.24, 2.45) is 0 Å². The molecule has 0 fully saturated rings. The van der Waals surface area contributed by atoms with Crippen molar-refractivity contribution in [3.05, 3.63) is 76.0 Å². The SMILES string of the molecule is COc1ccccc1C(=O)Nc1ccc(OC(=O)c2sccc2C)cc1. The van der Waals surface area contributed by atoms with Crippen LogP contribution in [0.15, 0.2) is 60.0 Å². The highest BCUT2D eigenvalue weighted by molar-refractivity contribution is 7.12. The summed E-state index contributed by atoms with van der Waals surface area (Å²) in [5.74, 6) is 0.254.